The number of aliphatic hydroxyl groups is 1. The number of nitrogens with zero attached hydrogens (tertiary/aromatic N) is 1. The Labute approximate surface area is 469 Å². The van der Waals surface area contributed by atoms with Crippen molar-refractivity contribution in [3.8, 4) is 35.2 Å². The molecule has 11 heteroatoms. The fraction of sp³-hybridized carbons (Fsp3) is 0.500. The van der Waals surface area contributed by atoms with E-state index in [2.05, 4.69) is 191 Å². The van der Waals surface area contributed by atoms with E-state index >= 15 is 0 Å². The molecule has 8 nitrogen and oxygen atoms in total. The van der Waals surface area contributed by atoms with Crippen LogP contribution in [-0.2, 0) is 31.9 Å². The van der Waals surface area contributed by atoms with Crippen molar-refractivity contribution in [2.45, 2.75) is 168 Å². The van der Waals surface area contributed by atoms with Crippen molar-refractivity contribution in [1.29, 1.82) is 0 Å². The van der Waals surface area contributed by atoms with Crippen molar-refractivity contribution in [2.75, 3.05) is 34.0 Å². The summed E-state index contributed by atoms with van der Waals surface area (Å²) in [5.74, 6) is 14.1. The lowest BCUT2D eigenvalue weighted by Crippen LogP contribution is -2.41. The maximum absolute atomic E-state index is 12.5. The van der Waals surface area contributed by atoms with E-state index in [4.69, 9.17) is 23.0 Å². The summed E-state index contributed by atoms with van der Waals surface area (Å²) in [6.07, 6.45) is 9.77. The smallest absolute Gasteiger partial charge is 0.380 e. The van der Waals surface area contributed by atoms with Crippen molar-refractivity contribution in [3.05, 3.63) is 156 Å². The van der Waals surface area contributed by atoms with Gasteiger partial charge in [-0.15, -0.1) is 19.1 Å². The zero-order chi connectivity index (χ0) is 57.0. The predicted octanol–water partition coefficient (Wildman–Crippen LogP) is 15.5. The first-order valence-corrected chi connectivity index (χ1v) is 33.8. The third-order valence-corrected chi connectivity index (χ3v) is 25.0. The number of hydrogen-bond donors (Lipinski definition) is 1. The molecule has 2 heterocycles. The van der Waals surface area contributed by atoms with E-state index in [0.29, 0.717) is 48.5 Å². The van der Waals surface area contributed by atoms with Crippen molar-refractivity contribution in [2.24, 2.45) is 11.8 Å². The zero-order valence-electron chi connectivity index (χ0n) is 49.8. The number of aliphatic hydroxyl groups excluding tert-OH is 1. The Hall–Kier alpha value is -4.95. The van der Waals surface area contributed by atoms with E-state index in [1.807, 2.05) is 36.4 Å². The molecule has 0 bridgehead atoms. The van der Waals surface area contributed by atoms with Crippen LogP contribution in [0.1, 0.15) is 138 Å². The third-order valence-electron chi connectivity index (χ3n) is 16.0. The number of ketones is 1. The molecule has 2 fully saturated rings. The highest BCUT2D eigenvalue weighted by molar-refractivity contribution is 6.74. The van der Waals surface area contributed by atoms with Crippen LogP contribution in [-0.4, -0.2) is 79.4 Å². The van der Waals surface area contributed by atoms with Gasteiger partial charge in [0.2, 0.25) is 5.78 Å². The Morgan fingerprint density at radius 3 is 1.73 bits per heavy atom. The molecule has 416 valence electrons. The number of Topliss-reactive ketones (excluding diaryl/α,β-unsaturated/α-hetero) is 1. The molecule has 4 aromatic carbocycles. The van der Waals surface area contributed by atoms with Crippen LogP contribution in [0, 0.1) is 35.5 Å². The van der Waals surface area contributed by atoms with E-state index in [9.17, 15) is 9.90 Å². The standard InChI is InChI=1S/C24H38O3Si.C24H36O3Si.C18H20BNO/c2*1-9-13-21-20(15-12-17-23(21)26-6)22(25)16-11-10-14-19(2)18-27-28(7,8)24(3,4)5;1-19-20-14-8-13-17(20)18(21-19,15-9-4-2-5-10-15)16-11-6-3-7-12-16/h9,12,15,17,19,22,25H,1,10,13-14,18H2,2-8H3;9,12,15,17,19H,1,10,13-14,18H2,2-8H3;2-7,9-12,17H,8,13-14H2,1H3/t19-,22+;19-;17-/m111/s1. The number of methoxy groups -OCH3 is 2. The highest BCUT2D eigenvalue weighted by Gasteiger charge is 2.56. The molecule has 0 aliphatic carbocycles. The number of carbonyl (C=O) groups excluding carboxylic acids is 1. The van der Waals surface area contributed by atoms with Gasteiger partial charge in [0.1, 0.15) is 23.2 Å². The van der Waals surface area contributed by atoms with Gasteiger partial charge in [0.15, 0.2) is 16.6 Å². The van der Waals surface area contributed by atoms with E-state index in [1.54, 1.807) is 26.4 Å². The van der Waals surface area contributed by atoms with Crippen LogP contribution >= 0.6 is 0 Å². The number of ether oxygens (including phenoxy) is 2. The predicted molar refractivity (Wildman–Crippen MR) is 328 cm³/mol. The summed E-state index contributed by atoms with van der Waals surface area (Å²) in [6, 6.07) is 33.1. The SMILES string of the molecule is C=CCc1c(OC)cccc1C(=O)C#CCC[C@@H](C)CO[Si](C)(C)C(C)(C)C.C=CCc1c(OC)cccc1[C@@H](O)C#CCC[C@@H](C)CO[Si](C)(C)C(C)(C)C.CB1OC(c2ccccc2)(c2ccccc2)[C@H]2CCCN12. The molecule has 0 spiro atoms. The summed E-state index contributed by atoms with van der Waals surface area (Å²) in [7, 11) is 0.0137. The first-order valence-electron chi connectivity index (χ1n) is 27.9. The number of fused-ring (bicyclic) bond motifs is 1. The van der Waals surface area contributed by atoms with Gasteiger partial charge in [0, 0.05) is 48.8 Å². The maximum atomic E-state index is 12.5. The van der Waals surface area contributed by atoms with Gasteiger partial charge in [0.05, 0.1) is 14.2 Å². The summed E-state index contributed by atoms with van der Waals surface area (Å²) in [5, 5.41) is 11.0. The van der Waals surface area contributed by atoms with Crippen LogP contribution in [0.3, 0.4) is 0 Å². The quantitative estimate of drug-likeness (QED) is 0.0308. The molecule has 4 aromatic rings. The molecule has 0 unspecified atom stereocenters. The van der Waals surface area contributed by atoms with Gasteiger partial charge >= 0.3 is 7.05 Å². The minimum Gasteiger partial charge on any atom is -0.496 e. The van der Waals surface area contributed by atoms with Gasteiger partial charge in [-0.3, -0.25) is 4.79 Å². The van der Waals surface area contributed by atoms with Gasteiger partial charge < -0.3 is 32.9 Å². The largest absolute Gasteiger partial charge is 0.496 e. The lowest BCUT2D eigenvalue weighted by molar-refractivity contribution is 0.105. The molecule has 2 aliphatic heterocycles. The summed E-state index contributed by atoms with van der Waals surface area (Å²) in [4.78, 5) is 15.1. The summed E-state index contributed by atoms with van der Waals surface area (Å²) < 4.78 is 29.9. The molecule has 77 heavy (non-hydrogen) atoms. The monoisotopic (exact) mass is 1080 g/mol. The molecule has 4 atom stereocenters. The number of benzene rings is 4. The molecule has 2 aliphatic rings. The lowest BCUT2D eigenvalue weighted by Gasteiger charge is -2.37. The molecule has 0 saturated carbocycles. The Morgan fingerprint density at radius 2 is 1.23 bits per heavy atom. The van der Waals surface area contributed by atoms with Gasteiger partial charge in [-0.1, -0.05) is 158 Å². The number of hydrogen-bond acceptors (Lipinski definition) is 8. The van der Waals surface area contributed by atoms with Gasteiger partial charge in [-0.05, 0) is 141 Å². The minimum absolute atomic E-state index is 0.166. The number of allylic oxidation sites excluding steroid dienone is 2. The van der Waals surface area contributed by atoms with E-state index in [-0.39, 0.29) is 28.5 Å². The van der Waals surface area contributed by atoms with Gasteiger partial charge in [-0.2, -0.15) is 0 Å². The average molecular weight is 1080 g/mol. The first-order chi connectivity index (χ1) is 36.4. The van der Waals surface area contributed by atoms with Crippen LogP contribution in [0.2, 0.25) is 43.1 Å². The lowest BCUT2D eigenvalue weighted by atomic mass is 9.79. The molecule has 1 N–H and O–H groups in total. The minimum atomic E-state index is -1.71. The van der Waals surface area contributed by atoms with Crippen molar-refractivity contribution >= 4 is 29.5 Å². The second-order valence-electron chi connectivity index (χ2n) is 23.9. The molecular weight excluding hydrogens is 986 g/mol. The van der Waals surface area contributed by atoms with E-state index in [1.165, 1.54) is 24.0 Å². The average Bonchev–Trinajstić information content (AvgIpc) is 4.02. The van der Waals surface area contributed by atoms with Crippen LogP contribution in [0.15, 0.2) is 122 Å². The summed E-state index contributed by atoms with van der Waals surface area (Å²) in [6.45, 7) is 39.4. The van der Waals surface area contributed by atoms with Crippen LogP contribution in [0.25, 0.3) is 0 Å². The Morgan fingerprint density at radius 1 is 0.753 bits per heavy atom. The zero-order valence-corrected chi connectivity index (χ0v) is 51.8. The molecule has 0 amide bonds. The van der Waals surface area contributed by atoms with Gasteiger partial charge in [0.25, 0.3) is 0 Å². The molecule has 2 saturated heterocycles. The fourth-order valence-electron chi connectivity index (χ4n) is 9.25. The topological polar surface area (TPSA) is 86.7 Å². The molecule has 0 aromatic heterocycles. The maximum Gasteiger partial charge on any atom is 0.380 e. The second-order valence-corrected chi connectivity index (χ2v) is 33.5. The second kappa shape index (κ2) is 29.9. The highest BCUT2D eigenvalue weighted by Crippen LogP contribution is 2.49. The van der Waals surface area contributed by atoms with Crippen molar-refractivity contribution < 1.29 is 32.9 Å². The third kappa shape index (κ3) is 17.8. The van der Waals surface area contributed by atoms with Crippen LogP contribution in [0.5, 0.6) is 11.5 Å². The fourth-order valence-corrected chi connectivity index (χ4v) is 11.5. The molecule has 0 radical (unpaired) electrons. The summed E-state index contributed by atoms with van der Waals surface area (Å²) in [5.41, 5.74) is 5.41. The van der Waals surface area contributed by atoms with Gasteiger partial charge in [-0.25, -0.2) is 0 Å². The highest BCUT2D eigenvalue weighted by atomic mass is 28.4. The normalized spacial score (nSPS) is 16.3. The molecular formula is C66H94BNO7Si2. The van der Waals surface area contributed by atoms with E-state index in [0.717, 1.165) is 61.5 Å². The number of carbonyl (C=O) groups is 1. The van der Waals surface area contributed by atoms with Crippen LogP contribution in [0.4, 0.5) is 0 Å². The first kappa shape index (κ1) is 64.6. The Kier molecular flexibility index (Phi) is 25.0. The number of rotatable bonds is 20. The molecule has 6 rings (SSSR count). The Bertz CT molecular complexity index is 2580. The Balaban J connectivity index is 0.000000251. The van der Waals surface area contributed by atoms with E-state index < -0.39 is 22.7 Å². The summed E-state index contributed by atoms with van der Waals surface area (Å²) >= 11 is 0. The van der Waals surface area contributed by atoms with Crippen molar-refractivity contribution in [1.82, 2.24) is 4.81 Å². The van der Waals surface area contributed by atoms with Crippen molar-refractivity contribution in [3.63, 3.8) is 0 Å². The van der Waals surface area contributed by atoms with Crippen LogP contribution < -0.4 is 9.47 Å².